The lowest BCUT2D eigenvalue weighted by Crippen LogP contribution is -2.15. The Hall–Kier alpha value is -0.830. The molecule has 98 valence electrons. The smallest absolute Gasteiger partial charge is 0.333 e. The van der Waals surface area contributed by atoms with Crippen molar-refractivity contribution in [2.24, 2.45) is 5.92 Å². The van der Waals surface area contributed by atoms with E-state index in [0.29, 0.717) is 5.92 Å². The average Bonchev–Trinajstić information content (AvgIpc) is 2.38. The number of esters is 1. The molecule has 0 heterocycles. The van der Waals surface area contributed by atoms with Crippen molar-refractivity contribution in [3.63, 3.8) is 0 Å². The molecule has 0 aromatic heterocycles. The molecule has 17 heavy (non-hydrogen) atoms. The van der Waals surface area contributed by atoms with Gasteiger partial charge in [0, 0.05) is 18.8 Å². The summed E-state index contributed by atoms with van der Waals surface area (Å²) in [5, 5.41) is 0. The molecule has 3 heteroatoms. The Balaban J connectivity index is 2.19. The lowest BCUT2D eigenvalue weighted by atomic mass is 9.87. The van der Waals surface area contributed by atoms with E-state index < -0.39 is 0 Å². The van der Waals surface area contributed by atoms with E-state index in [1.165, 1.54) is 13.5 Å². The first kappa shape index (κ1) is 14.2. The van der Waals surface area contributed by atoms with E-state index >= 15 is 0 Å². The van der Waals surface area contributed by atoms with Crippen LogP contribution in [-0.2, 0) is 14.3 Å². The van der Waals surface area contributed by atoms with Gasteiger partial charge in [0.2, 0.25) is 0 Å². The second-order valence-corrected chi connectivity index (χ2v) is 4.62. The maximum absolute atomic E-state index is 11.4. The minimum atomic E-state index is -0.165. The quantitative estimate of drug-likeness (QED) is 0.506. The van der Waals surface area contributed by atoms with Crippen LogP contribution in [0.15, 0.2) is 11.6 Å². The van der Waals surface area contributed by atoms with E-state index in [0.717, 1.165) is 50.9 Å². The van der Waals surface area contributed by atoms with Gasteiger partial charge in [-0.3, -0.25) is 0 Å². The highest BCUT2D eigenvalue weighted by atomic mass is 16.5. The van der Waals surface area contributed by atoms with Crippen LogP contribution in [0.4, 0.5) is 0 Å². The van der Waals surface area contributed by atoms with Crippen LogP contribution in [0.2, 0.25) is 0 Å². The molecule has 0 saturated heterocycles. The third kappa shape index (κ3) is 5.35. The maximum Gasteiger partial charge on any atom is 0.333 e. The van der Waals surface area contributed by atoms with Gasteiger partial charge in [0.15, 0.2) is 0 Å². The molecule has 1 aliphatic rings. The number of rotatable bonds is 7. The van der Waals surface area contributed by atoms with Crippen LogP contribution >= 0.6 is 0 Å². The number of carbonyl (C=O) groups excluding carboxylic acids is 1. The van der Waals surface area contributed by atoms with Crippen LogP contribution in [0.3, 0.4) is 0 Å². The zero-order chi connectivity index (χ0) is 12.5. The van der Waals surface area contributed by atoms with Gasteiger partial charge in [-0.25, -0.2) is 4.79 Å². The minimum absolute atomic E-state index is 0.165. The van der Waals surface area contributed by atoms with E-state index in [1.807, 2.05) is 6.08 Å². The standard InChI is InChI=1S/C14H24O3/c1-3-4-9-17-10-8-12-6-5-7-13(11-12)14(15)16-2/h7,12H,3-6,8-11H2,1-2H3. The summed E-state index contributed by atoms with van der Waals surface area (Å²) in [5.41, 5.74) is 0.845. The Morgan fingerprint density at radius 1 is 1.47 bits per heavy atom. The van der Waals surface area contributed by atoms with Gasteiger partial charge in [-0.15, -0.1) is 0 Å². The van der Waals surface area contributed by atoms with E-state index in [-0.39, 0.29) is 5.97 Å². The minimum Gasteiger partial charge on any atom is -0.466 e. The number of carbonyl (C=O) groups is 1. The summed E-state index contributed by atoms with van der Waals surface area (Å²) in [7, 11) is 1.45. The van der Waals surface area contributed by atoms with Gasteiger partial charge in [0.05, 0.1) is 7.11 Å². The molecule has 1 atom stereocenters. The highest BCUT2D eigenvalue weighted by Gasteiger charge is 2.20. The highest BCUT2D eigenvalue weighted by Crippen LogP contribution is 2.27. The average molecular weight is 240 g/mol. The van der Waals surface area contributed by atoms with Crippen LogP contribution in [0.25, 0.3) is 0 Å². The number of allylic oxidation sites excluding steroid dienone is 1. The van der Waals surface area contributed by atoms with Crippen LogP contribution < -0.4 is 0 Å². The second kappa shape index (κ2) is 8.29. The van der Waals surface area contributed by atoms with Gasteiger partial charge in [0.25, 0.3) is 0 Å². The third-order valence-corrected chi connectivity index (χ3v) is 3.23. The van der Waals surface area contributed by atoms with Crippen molar-refractivity contribution in [3.8, 4) is 0 Å². The molecule has 0 bridgehead atoms. The van der Waals surface area contributed by atoms with Crippen molar-refractivity contribution in [2.75, 3.05) is 20.3 Å². The second-order valence-electron chi connectivity index (χ2n) is 4.62. The fraction of sp³-hybridized carbons (Fsp3) is 0.786. The Bertz CT molecular complexity index is 258. The summed E-state index contributed by atoms with van der Waals surface area (Å²) in [6, 6.07) is 0. The number of hydrogen-bond donors (Lipinski definition) is 0. The molecule has 3 nitrogen and oxygen atoms in total. The van der Waals surface area contributed by atoms with Gasteiger partial charge < -0.3 is 9.47 Å². The lowest BCUT2D eigenvalue weighted by Gasteiger charge is -2.21. The summed E-state index contributed by atoms with van der Waals surface area (Å²) in [4.78, 5) is 11.4. The third-order valence-electron chi connectivity index (χ3n) is 3.23. The first-order chi connectivity index (χ1) is 8.27. The topological polar surface area (TPSA) is 35.5 Å². The molecule has 0 amide bonds. The number of hydrogen-bond acceptors (Lipinski definition) is 3. The summed E-state index contributed by atoms with van der Waals surface area (Å²) < 4.78 is 10.3. The molecule has 0 aromatic carbocycles. The first-order valence-electron chi connectivity index (χ1n) is 6.63. The monoisotopic (exact) mass is 240 g/mol. The van der Waals surface area contributed by atoms with Crippen LogP contribution in [-0.4, -0.2) is 26.3 Å². The normalized spacial score (nSPS) is 19.9. The zero-order valence-electron chi connectivity index (χ0n) is 11.0. The maximum atomic E-state index is 11.4. The molecule has 0 aliphatic heterocycles. The Morgan fingerprint density at radius 3 is 3.00 bits per heavy atom. The van der Waals surface area contributed by atoms with E-state index in [2.05, 4.69) is 6.92 Å². The van der Waals surface area contributed by atoms with Crippen LogP contribution in [0.1, 0.15) is 45.4 Å². The summed E-state index contributed by atoms with van der Waals surface area (Å²) in [6.45, 7) is 3.85. The van der Waals surface area contributed by atoms with Crippen molar-refractivity contribution in [1.82, 2.24) is 0 Å². The van der Waals surface area contributed by atoms with Gasteiger partial charge in [-0.2, -0.15) is 0 Å². The molecule has 0 saturated carbocycles. The van der Waals surface area contributed by atoms with Crippen molar-refractivity contribution < 1.29 is 14.3 Å². The molecule has 0 fully saturated rings. The number of ether oxygens (including phenoxy) is 2. The zero-order valence-corrected chi connectivity index (χ0v) is 11.0. The molecule has 0 spiro atoms. The molecule has 1 rings (SSSR count). The lowest BCUT2D eigenvalue weighted by molar-refractivity contribution is -0.136. The van der Waals surface area contributed by atoms with E-state index in [9.17, 15) is 4.79 Å². The SMILES string of the molecule is CCCCOCCC1CCC=C(C(=O)OC)C1. The predicted octanol–water partition coefficient (Wildman–Crippen LogP) is 3.09. The Labute approximate surface area is 104 Å². The fourth-order valence-electron chi connectivity index (χ4n) is 2.13. The van der Waals surface area contributed by atoms with E-state index in [4.69, 9.17) is 9.47 Å². The summed E-state index contributed by atoms with van der Waals surface area (Å²) in [5.74, 6) is 0.414. The molecule has 1 aliphatic carbocycles. The van der Waals surface area contributed by atoms with Gasteiger partial charge >= 0.3 is 5.97 Å². The summed E-state index contributed by atoms with van der Waals surface area (Å²) >= 11 is 0. The van der Waals surface area contributed by atoms with Crippen molar-refractivity contribution in [3.05, 3.63) is 11.6 Å². The Morgan fingerprint density at radius 2 is 2.29 bits per heavy atom. The summed E-state index contributed by atoms with van der Waals surface area (Å²) in [6.07, 6.45) is 8.39. The fourth-order valence-corrected chi connectivity index (χ4v) is 2.13. The van der Waals surface area contributed by atoms with Crippen LogP contribution in [0.5, 0.6) is 0 Å². The molecular weight excluding hydrogens is 216 g/mol. The van der Waals surface area contributed by atoms with Gasteiger partial charge in [0.1, 0.15) is 0 Å². The molecule has 0 N–H and O–H groups in total. The van der Waals surface area contributed by atoms with Crippen molar-refractivity contribution in [1.29, 1.82) is 0 Å². The highest BCUT2D eigenvalue weighted by molar-refractivity contribution is 5.88. The molecule has 0 aromatic rings. The first-order valence-corrected chi connectivity index (χ1v) is 6.63. The predicted molar refractivity (Wildman–Crippen MR) is 67.8 cm³/mol. The number of methoxy groups -OCH3 is 1. The molecule has 1 unspecified atom stereocenters. The van der Waals surface area contributed by atoms with Crippen molar-refractivity contribution >= 4 is 5.97 Å². The molecule has 0 radical (unpaired) electrons. The van der Waals surface area contributed by atoms with Gasteiger partial charge in [-0.05, 0) is 38.0 Å². The number of unbranched alkanes of at least 4 members (excludes halogenated alkanes) is 1. The van der Waals surface area contributed by atoms with Crippen molar-refractivity contribution in [2.45, 2.75) is 45.4 Å². The molecular formula is C14H24O3. The van der Waals surface area contributed by atoms with Gasteiger partial charge in [-0.1, -0.05) is 19.4 Å². The van der Waals surface area contributed by atoms with E-state index in [1.54, 1.807) is 0 Å². The largest absolute Gasteiger partial charge is 0.466 e. The van der Waals surface area contributed by atoms with Crippen LogP contribution in [0, 0.1) is 5.92 Å². The Kier molecular flexibility index (Phi) is 6.94.